The van der Waals surface area contributed by atoms with Crippen molar-refractivity contribution in [3.63, 3.8) is 0 Å². The molecule has 0 radical (unpaired) electrons. The summed E-state index contributed by atoms with van der Waals surface area (Å²) in [5.41, 5.74) is 0.812. The predicted octanol–water partition coefficient (Wildman–Crippen LogP) is 1.80. The number of likely N-dealkylation sites (N-methyl/N-ethyl adjacent to an activating group) is 1. The molecule has 0 aromatic heterocycles. The first-order valence-electron chi connectivity index (χ1n) is 7.04. The number of nitrogens with zero attached hydrogens (tertiary/aromatic N) is 2. The minimum Gasteiger partial charge on any atom is -0.380 e. The number of nitriles is 1. The highest BCUT2D eigenvalue weighted by atomic mass is 32.2. The van der Waals surface area contributed by atoms with Crippen molar-refractivity contribution in [3.05, 3.63) is 29.8 Å². The Labute approximate surface area is 126 Å². The molecule has 1 aliphatic carbocycles. The summed E-state index contributed by atoms with van der Waals surface area (Å²) in [6.45, 7) is 1.49. The lowest BCUT2D eigenvalue weighted by atomic mass is 10.2. The zero-order chi connectivity index (χ0) is 15.3. The molecule has 0 atom stereocenters. The maximum Gasteiger partial charge on any atom is 0.242 e. The van der Waals surface area contributed by atoms with E-state index in [1.807, 2.05) is 6.07 Å². The molecule has 1 aliphatic rings. The molecule has 6 heteroatoms. The Morgan fingerprint density at radius 2 is 2.00 bits per heavy atom. The van der Waals surface area contributed by atoms with Crippen molar-refractivity contribution in [1.82, 2.24) is 4.31 Å². The Balaban J connectivity index is 1.90. The zero-order valence-corrected chi connectivity index (χ0v) is 13.0. The summed E-state index contributed by atoms with van der Waals surface area (Å²) in [7, 11) is -1.93. The van der Waals surface area contributed by atoms with Crippen molar-refractivity contribution >= 4 is 10.0 Å². The Kier molecular flexibility index (Phi) is 5.34. The molecule has 0 amide bonds. The van der Waals surface area contributed by atoms with Gasteiger partial charge in [-0.25, -0.2) is 8.42 Å². The highest BCUT2D eigenvalue weighted by molar-refractivity contribution is 7.89. The first-order chi connectivity index (χ1) is 10.0. The maximum absolute atomic E-state index is 12.3. The average molecular weight is 308 g/mol. The summed E-state index contributed by atoms with van der Waals surface area (Å²) in [5.74, 6) is 0.680. The van der Waals surface area contributed by atoms with Crippen molar-refractivity contribution in [1.29, 1.82) is 5.26 Å². The lowest BCUT2D eigenvalue weighted by molar-refractivity contribution is 0.117. The van der Waals surface area contributed by atoms with E-state index < -0.39 is 10.0 Å². The predicted molar refractivity (Wildman–Crippen MR) is 79.1 cm³/mol. The minimum atomic E-state index is -3.49. The molecule has 0 unspecified atom stereocenters. The molecule has 0 heterocycles. The van der Waals surface area contributed by atoms with Gasteiger partial charge >= 0.3 is 0 Å². The van der Waals surface area contributed by atoms with Crippen LogP contribution in [0.5, 0.6) is 0 Å². The number of hydrogen-bond donors (Lipinski definition) is 0. The summed E-state index contributed by atoms with van der Waals surface area (Å²) in [6.07, 6.45) is 2.73. The van der Waals surface area contributed by atoms with Crippen LogP contribution in [0, 0.1) is 17.2 Å². The van der Waals surface area contributed by atoms with E-state index in [0.717, 1.165) is 12.2 Å². The van der Waals surface area contributed by atoms with Gasteiger partial charge in [0.2, 0.25) is 10.0 Å². The lowest BCUT2D eigenvalue weighted by Crippen LogP contribution is -2.30. The molecular weight excluding hydrogens is 288 g/mol. The first-order valence-corrected chi connectivity index (χ1v) is 8.48. The van der Waals surface area contributed by atoms with Gasteiger partial charge in [0.15, 0.2) is 0 Å². The number of rotatable bonds is 8. The van der Waals surface area contributed by atoms with Crippen LogP contribution in [0.15, 0.2) is 29.2 Å². The van der Waals surface area contributed by atoms with Crippen LogP contribution in [0.4, 0.5) is 0 Å². The van der Waals surface area contributed by atoms with Crippen LogP contribution in [0.2, 0.25) is 0 Å². The largest absolute Gasteiger partial charge is 0.380 e. The monoisotopic (exact) mass is 308 g/mol. The zero-order valence-electron chi connectivity index (χ0n) is 12.2. The third kappa shape index (κ3) is 4.53. The van der Waals surface area contributed by atoms with Crippen molar-refractivity contribution < 1.29 is 13.2 Å². The summed E-state index contributed by atoms with van der Waals surface area (Å²) < 4.78 is 31.5. The van der Waals surface area contributed by atoms with Crippen LogP contribution in [0.25, 0.3) is 0 Å². The molecule has 5 nitrogen and oxygen atoms in total. The summed E-state index contributed by atoms with van der Waals surface area (Å²) in [5, 5.41) is 8.61. The van der Waals surface area contributed by atoms with Crippen LogP contribution in [0.1, 0.15) is 18.4 Å². The molecule has 0 N–H and O–H groups in total. The van der Waals surface area contributed by atoms with Gasteiger partial charge in [0, 0.05) is 20.2 Å². The maximum atomic E-state index is 12.3. The van der Waals surface area contributed by atoms with Gasteiger partial charge in [-0.1, -0.05) is 12.1 Å². The van der Waals surface area contributed by atoms with Crippen molar-refractivity contribution in [2.75, 3.05) is 26.8 Å². The molecule has 0 saturated heterocycles. The topological polar surface area (TPSA) is 70.4 Å². The summed E-state index contributed by atoms with van der Waals surface area (Å²) >= 11 is 0. The number of sulfonamides is 1. The standard InChI is InChI=1S/C15H20N2O3S/c1-17(10-11-20-12-14-2-3-14)21(18,19)15-6-4-13(5-7-15)8-9-16/h4-7,14H,2-3,8,10-12H2,1H3. The second kappa shape index (κ2) is 7.03. The molecule has 1 fully saturated rings. The fraction of sp³-hybridized carbons (Fsp3) is 0.533. The number of benzene rings is 1. The molecule has 1 saturated carbocycles. The molecule has 0 spiro atoms. The third-order valence-corrected chi connectivity index (χ3v) is 5.39. The second-order valence-corrected chi connectivity index (χ2v) is 7.37. The van der Waals surface area contributed by atoms with Crippen molar-refractivity contribution in [3.8, 4) is 6.07 Å². The van der Waals surface area contributed by atoms with Gasteiger partial charge in [-0.2, -0.15) is 9.57 Å². The molecule has 1 aromatic rings. The van der Waals surface area contributed by atoms with Crippen molar-refractivity contribution in [2.45, 2.75) is 24.2 Å². The van der Waals surface area contributed by atoms with Crippen LogP contribution in [0.3, 0.4) is 0 Å². The average Bonchev–Trinajstić information content (AvgIpc) is 3.28. The highest BCUT2D eigenvalue weighted by Gasteiger charge is 2.23. The Morgan fingerprint density at radius 3 is 2.57 bits per heavy atom. The van der Waals surface area contributed by atoms with Gasteiger partial charge in [-0.15, -0.1) is 0 Å². The van der Waals surface area contributed by atoms with Gasteiger partial charge in [0.25, 0.3) is 0 Å². The van der Waals surface area contributed by atoms with Crippen LogP contribution >= 0.6 is 0 Å². The van der Waals surface area contributed by atoms with E-state index in [0.29, 0.717) is 19.1 Å². The SMILES string of the molecule is CN(CCOCC1CC1)S(=O)(=O)c1ccc(CC#N)cc1. The third-order valence-electron chi connectivity index (χ3n) is 3.52. The summed E-state index contributed by atoms with van der Waals surface area (Å²) in [6, 6.07) is 8.48. The van der Waals surface area contributed by atoms with Crippen LogP contribution < -0.4 is 0 Å². The minimum absolute atomic E-state index is 0.244. The van der Waals surface area contributed by atoms with Gasteiger partial charge in [0.1, 0.15) is 0 Å². The fourth-order valence-electron chi connectivity index (χ4n) is 1.90. The van der Waals surface area contributed by atoms with E-state index in [4.69, 9.17) is 10.00 Å². The molecule has 0 bridgehead atoms. The van der Waals surface area contributed by atoms with Gasteiger partial charge in [0.05, 0.1) is 24.0 Å². The summed E-state index contributed by atoms with van der Waals surface area (Å²) in [4.78, 5) is 0.244. The number of ether oxygens (including phenoxy) is 1. The Morgan fingerprint density at radius 1 is 1.33 bits per heavy atom. The van der Waals surface area contributed by atoms with Crippen LogP contribution in [-0.4, -0.2) is 39.5 Å². The van der Waals surface area contributed by atoms with Gasteiger partial charge in [-0.3, -0.25) is 0 Å². The van der Waals surface area contributed by atoms with E-state index in [-0.39, 0.29) is 11.3 Å². The molecule has 114 valence electrons. The normalized spacial score (nSPS) is 15.1. The fourth-order valence-corrected chi connectivity index (χ4v) is 3.05. The molecule has 0 aliphatic heterocycles. The molecule has 21 heavy (non-hydrogen) atoms. The van der Waals surface area contributed by atoms with E-state index in [2.05, 4.69) is 0 Å². The van der Waals surface area contributed by atoms with Gasteiger partial charge in [-0.05, 0) is 36.5 Å². The van der Waals surface area contributed by atoms with Gasteiger partial charge < -0.3 is 4.74 Å². The van der Waals surface area contributed by atoms with E-state index in [9.17, 15) is 8.42 Å². The molecule has 2 rings (SSSR count). The Bertz CT molecular complexity index is 601. The second-order valence-electron chi connectivity index (χ2n) is 5.32. The molecule has 1 aromatic carbocycles. The van der Waals surface area contributed by atoms with Crippen molar-refractivity contribution in [2.24, 2.45) is 5.92 Å². The van der Waals surface area contributed by atoms with E-state index in [1.54, 1.807) is 31.3 Å². The van der Waals surface area contributed by atoms with E-state index in [1.165, 1.54) is 17.1 Å². The number of hydrogen-bond acceptors (Lipinski definition) is 4. The Hall–Kier alpha value is -1.42. The smallest absolute Gasteiger partial charge is 0.242 e. The first kappa shape index (κ1) is 16.0. The highest BCUT2D eigenvalue weighted by Crippen LogP contribution is 2.28. The lowest BCUT2D eigenvalue weighted by Gasteiger charge is -2.17. The molecular formula is C15H20N2O3S. The van der Waals surface area contributed by atoms with Crippen LogP contribution in [-0.2, 0) is 21.2 Å². The van der Waals surface area contributed by atoms with E-state index >= 15 is 0 Å². The quantitative estimate of drug-likeness (QED) is 0.687.